The summed E-state index contributed by atoms with van der Waals surface area (Å²) >= 11 is 12.8. The normalized spacial score (nSPS) is 12.0. The number of anilines is 1. The quantitative estimate of drug-likeness (QED) is 0.140. The van der Waals surface area contributed by atoms with Crippen molar-refractivity contribution in [3.63, 3.8) is 0 Å². The molecule has 0 unspecified atom stereocenters. The number of aryl methyl sites for hydroxylation is 1. The molecule has 0 aromatic heterocycles. The van der Waals surface area contributed by atoms with Gasteiger partial charge in [0.25, 0.3) is 10.0 Å². The minimum absolute atomic E-state index is 0.0119. The number of carbonyl (C=O) groups is 2. The van der Waals surface area contributed by atoms with Crippen LogP contribution in [0.4, 0.5) is 5.69 Å². The fraction of sp³-hybridized carbons (Fsp3) is 0.297. The summed E-state index contributed by atoms with van der Waals surface area (Å²) < 4.78 is 35.1. The Morgan fingerprint density at radius 1 is 0.896 bits per heavy atom. The van der Waals surface area contributed by atoms with E-state index in [1.807, 2.05) is 58.0 Å². The molecule has 8 nitrogen and oxygen atoms in total. The summed E-state index contributed by atoms with van der Waals surface area (Å²) in [4.78, 5) is 29.9. The van der Waals surface area contributed by atoms with Crippen LogP contribution >= 0.6 is 23.2 Å². The number of carbonyl (C=O) groups excluding carboxylic acids is 2. The molecular weight excluding hydrogens is 669 g/mol. The van der Waals surface area contributed by atoms with Crippen molar-refractivity contribution in [3.8, 4) is 5.75 Å². The van der Waals surface area contributed by atoms with E-state index in [0.717, 1.165) is 15.4 Å². The molecule has 48 heavy (non-hydrogen) atoms. The van der Waals surface area contributed by atoms with Crippen molar-refractivity contribution >= 4 is 50.7 Å². The van der Waals surface area contributed by atoms with Crippen LogP contribution in [-0.2, 0) is 32.6 Å². The minimum atomic E-state index is -4.25. The maximum Gasteiger partial charge on any atom is 0.264 e. The third kappa shape index (κ3) is 9.75. The molecule has 254 valence electrons. The summed E-state index contributed by atoms with van der Waals surface area (Å²) in [5, 5.41) is 3.72. The zero-order valence-corrected chi connectivity index (χ0v) is 29.9. The van der Waals surface area contributed by atoms with Crippen molar-refractivity contribution in [1.82, 2.24) is 10.2 Å². The van der Waals surface area contributed by atoms with Crippen LogP contribution in [-0.4, -0.2) is 50.9 Å². The highest BCUT2D eigenvalue weighted by Gasteiger charge is 2.35. The third-order valence-corrected chi connectivity index (χ3v) is 10.0. The summed E-state index contributed by atoms with van der Waals surface area (Å²) in [6.45, 7) is 7.88. The summed E-state index contributed by atoms with van der Waals surface area (Å²) in [5.74, 6) is -0.256. The molecule has 0 heterocycles. The van der Waals surface area contributed by atoms with Crippen LogP contribution < -0.4 is 14.4 Å². The van der Waals surface area contributed by atoms with Gasteiger partial charge in [0.1, 0.15) is 18.3 Å². The highest BCUT2D eigenvalue weighted by Crippen LogP contribution is 2.28. The molecular formula is C37H41Cl2N3O5S. The standard InChI is InChI=1S/C37H41Cl2N3O5S/c1-5-47-32-17-19-33(20-18-32)48(45,46)42(31-15-11-27(4)12-16-31)25-36(43)41(24-29-13-14-30(38)22-34(29)39)35(37(44)40-23-26(2)3)21-28-9-7-6-8-10-28/h6-20,22,26,35H,5,21,23-25H2,1-4H3,(H,40,44)/t35-/m1/s1. The number of amides is 2. The van der Waals surface area contributed by atoms with Gasteiger partial charge in [-0.2, -0.15) is 0 Å². The van der Waals surface area contributed by atoms with Crippen LogP contribution in [0.1, 0.15) is 37.5 Å². The number of nitrogens with one attached hydrogen (secondary N) is 1. The number of hydrogen-bond acceptors (Lipinski definition) is 5. The van der Waals surface area contributed by atoms with E-state index in [0.29, 0.717) is 40.2 Å². The average molecular weight is 711 g/mol. The Labute approximate surface area is 293 Å². The van der Waals surface area contributed by atoms with Crippen molar-refractivity contribution in [2.45, 2.75) is 51.6 Å². The van der Waals surface area contributed by atoms with E-state index in [-0.39, 0.29) is 29.7 Å². The van der Waals surface area contributed by atoms with E-state index in [2.05, 4.69) is 5.32 Å². The smallest absolute Gasteiger partial charge is 0.264 e. The molecule has 0 spiro atoms. The second-order valence-electron chi connectivity index (χ2n) is 11.9. The van der Waals surface area contributed by atoms with Crippen molar-refractivity contribution < 1.29 is 22.7 Å². The van der Waals surface area contributed by atoms with Crippen molar-refractivity contribution in [3.05, 3.63) is 124 Å². The molecule has 11 heteroatoms. The molecule has 1 atom stereocenters. The van der Waals surface area contributed by atoms with Crippen LogP contribution in [0.3, 0.4) is 0 Å². The molecule has 0 aliphatic heterocycles. The molecule has 4 aromatic carbocycles. The minimum Gasteiger partial charge on any atom is -0.494 e. The van der Waals surface area contributed by atoms with E-state index in [1.165, 1.54) is 17.0 Å². The summed E-state index contributed by atoms with van der Waals surface area (Å²) in [6.07, 6.45) is 0.192. The van der Waals surface area contributed by atoms with Crippen LogP contribution in [0, 0.1) is 12.8 Å². The maximum absolute atomic E-state index is 14.6. The van der Waals surface area contributed by atoms with Gasteiger partial charge in [-0.15, -0.1) is 0 Å². The van der Waals surface area contributed by atoms with Crippen molar-refractivity contribution in [1.29, 1.82) is 0 Å². The van der Waals surface area contributed by atoms with Gasteiger partial charge in [-0.25, -0.2) is 8.42 Å². The summed E-state index contributed by atoms with van der Waals surface area (Å²) in [5.41, 5.74) is 2.61. The molecule has 0 aliphatic rings. The molecule has 2 amide bonds. The second kappa shape index (κ2) is 16.9. The zero-order chi connectivity index (χ0) is 34.8. The van der Waals surface area contributed by atoms with Gasteiger partial charge in [0.15, 0.2) is 0 Å². The van der Waals surface area contributed by atoms with Gasteiger partial charge in [0, 0.05) is 29.6 Å². The van der Waals surface area contributed by atoms with Crippen LogP contribution in [0.2, 0.25) is 10.0 Å². The maximum atomic E-state index is 14.6. The van der Waals surface area contributed by atoms with Gasteiger partial charge < -0.3 is 15.0 Å². The Hall–Kier alpha value is -4.05. The van der Waals surface area contributed by atoms with E-state index in [4.69, 9.17) is 27.9 Å². The van der Waals surface area contributed by atoms with Crippen LogP contribution in [0.15, 0.2) is 102 Å². The predicted octanol–water partition coefficient (Wildman–Crippen LogP) is 7.31. The first kappa shape index (κ1) is 36.8. The van der Waals surface area contributed by atoms with Crippen molar-refractivity contribution in [2.24, 2.45) is 5.92 Å². The van der Waals surface area contributed by atoms with Crippen molar-refractivity contribution in [2.75, 3.05) is 24.0 Å². The second-order valence-corrected chi connectivity index (χ2v) is 14.6. The lowest BCUT2D eigenvalue weighted by molar-refractivity contribution is -0.140. The number of nitrogens with zero attached hydrogens (tertiary/aromatic N) is 2. The van der Waals surface area contributed by atoms with Crippen LogP contribution in [0.5, 0.6) is 5.75 Å². The van der Waals surface area contributed by atoms with Gasteiger partial charge >= 0.3 is 0 Å². The molecule has 4 aromatic rings. The molecule has 0 aliphatic carbocycles. The highest BCUT2D eigenvalue weighted by atomic mass is 35.5. The number of halogens is 2. The Bertz CT molecular complexity index is 1780. The monoisotopic (exact) mass is 709 g/mol. The Morgan fingerprint density at radius 3 is 2.17 bits per heavy atom. The number of sulfonamides is 1. The molecule has 0 saturated heterocycles. The topological polar surface area (TPSA) is 96.0 Å². The number of ether oxygens (including phenoxy) is 1. The lowest BCUT2D eigenvalue weighted by Crippen LogP contribution is -2.53. The first-order valence-corrected chi connectivity index (χ1v) is 18.0. The summed E-state index contributed by atoms with van der Waals surface area (Å²) in [6, 6.07) is 26.3. The van der Waals surface area contributed by atoms with Gasteiger partial charge in [0.05, 0.1) is 17.2 Å². The van der Waals surface area contributed by atoms with E-state index in [9.17, 15) is 18.0 Å². The Morgan fingerprint density at radius 2 is 1.56 bits per heavy atom. The molecule has 4 rings (SSSR count). The van der Waals surface area contributed by atoms with Gasteiger partial charge in [-0.05, 0) is 79.4 Å². The average Bonchev–Trinajstić information content (AvgIpc) is 3.06. The zero-order valence-electron chi connectivity index (χ0n) is 27.5. The highest BCUT2D eigenvalue weighted by molar-refractivity contribution is 7.92. The Kier molecular flexibility index (Phi) is 12.9. The molecule has 1 N–H and O–H groups in total. The van der Waals surface area contributed by atoms with Gasteiger partial charge in [-0.1, -0.05) is 91.1 Å². The SMILES string of the molecule is CCOc1ccc(S(=O)(=O)N(CC(=O)N(Cc2ccc(Cl)cc2Cl)[C@H](Cc2ccccc2)C(=O)NCC(C)C)c2ccc(C)cc2)cc1. The fourth-order valence-electron chi connectivity index (χ4n) is 5.05. The molecule has 0 saturated carbocycles. The molecule has 0 fully saturated rings. The number of rotatable bonds is 15. The fourth-order valence-corrected chi connectivity index (χ4v) is 6.93. The van der Waals surface area contributed by atoms with Gasteiger partial charge in [-0.3, -0.25) is 13.9 Å². The van der Waals surface area contributed by atoms with E-state index in [1.54, 1.807) is 54.6 Å². The van der Waals surface area contributed by atoms with Gasteiger partial charge in [0.2, 0.25) is 11.8 Å². The molecule has 0 radical (unpaired) electrons. The number of benzene rings is 4. The third-order valence-electron chi connectivity index (χ3n) is 7.63. The lowest BCUT2D eigenvalue weighted by atomic mass is 10.0. The van der Waals surface area contributed by atoms with E-state index >= 15 is 0 Å². The van der Waals surface area contributed by atoms with Crippen LogP contribution in [0.25, 0.3) is 0 Å². The predicted molar refractivity (Wildman–Crippen MR) is 192 cm³/mol. The lowest BCUT2D eigenvalue weighted by Gasteiger charge is -2.34. The van der Waals surface area contributed by atoms with E-state index < -0.39 is 28.5 Å². The largest absolute Gasteiger partial charge is 0.494 e. The molecule has 0 bridgehead atoms. The Balaban J connectivity index is 1.81. The number of hydrogen-bond donors (Lipinski definition) is 1. The first-order chi connectivity index (χ1) is 22.9. The summed E-state index contributed by atoms with van der Waals surface area (Å²) in [7, 11) is -4.25. The first-order valence-electron chi connectivity index (χ1n) is 15.8.